The van der Waals surface area contributed by atoms with Crippen LogP contribution in [0.25, 0.3) is 0 Å². The van der Waals surface area contributed by atoms with Gasteiger partial charge in [0.25, 0.3) is 5.91 Å². The maximum atomic E-state index is 12.6. The number of hydrogen-bond donors (Lipinski definition) is 0. The zero-order valence-electron chi connectivity index (χ0n) is 13.5. The quantitative estimate of drug-likeness (QED) is 0.800. The zero-order chi connectivity index (χ0) is 17.1. The van der Waals surface area contributed by atoms with E-state index in [2.05, 4.69) is 15.9 Å². The molecule has 2 amide bonds. The number of nitrogens with zero attached hydrogens (tertiary/aromatic N) is 2. The molecule has 2 aromatic rings. The number of hydrogen-bond acceptors (Lipinski definition) is 2. The van der Waals surface area contributed by atoms with E-state index in [0.717, 1.165) is 28.7 Å². The molecule has 0 spiro atoms. The fourth-order valence-corrected chi connectivity index (χ4v) is 3.29. The Morgan fingerprint density at radius 1 is 1.17 bits per heavy atom. The largest absolute Gasteiger partial charge is 0.337 e. The van der Waals surface area contributed by atoms with Crippen molar-refractivity contribution < 1.29 is 9.59 Å². The zero-order valence-corrected chi connectivity index (χ0v) is 15.1. The molecule has 24 heavy (non-hydrogen) atoms. The molecule has 4 nitrogen and oxygen atoms in total. The van der Waals surface area contributed by atoms with Crippen LogP contribution in [0.5, 0.6) is 0 Å². The predicted octanol–water partition coefficient (Wildman–Crippen LogP) is 3.85. The van der Waals surface area contributed by atoms with Crippen molar-refractivity contribution in [3.8, 4) is 0 Å². The average Bonchev–Trinajstić information content (AvgIpc) is 3.02. The van der Waals surface area contributed by atoms with Crippen molar-refractivity contribution in [1.29, 1.82) is 0 Å². The van der Waals surface area contributed by atoms with Crippen molar-refractivity contribution in [3.05, 3.63) is 64.1 Å². The highest BCUT2D eigenvalue weighted by Gasteiger charge is 2.22. The molecule has 0 unspecified atom stereocenters. The Morgan fingerprint density at radius 2 is 1.88 bits per heavy atom. The highest BCUT2D eigenvalue weighted by atomic mass is 79.9. The Kier molecular flexibility index (Phi) is 5.00. The highest BCUT2D eigenvalue weighted by molar-refractivity contribution is 9.10. The first-order valence-electron chi connectivity index (χ1n) is 7.95. The Bertz CT molecular complexity index is 758. The molecule has 0 N–H and O–H groups in total. The van der Waals surface area contributed by atoms with Crippen LogP contribution in [0.2, 0.25) is 0 Å². The summed E-state index contributed by atoms with van der Waals surface area (Å²) in [4.78, 5) is 27.8. The van der Waals surface area contributed by atoms with E-state index in [1.165, 1.54) is 0 Å². The van der Waals surface area contributed by atoms with Gasteiger partial charge in [0.1, 0.15) is 0 Å². The third-order valence-corrected chi connectivity index (χ3v) is 4.99. The molecular weight excluding hydrogens is 368 g/mol. The Morgan fingerprint density at radius 3 is 2.50 bits per heavy atom. The lowest BCUT2D eigenvalue weighted by molar-refractivity contribution is -0.117. The molecule has 124 valence electrons. The van der Waals surface area contributed by atoms with Crippen LogP contribution in [-0.2, 0) is 11.3 Å². The Hall–Kier alpha value is -2.14. The second-order valence-corrected chi connectivity index (χ2v) is 6.80. The summed E-state index contributed by atoms with van der Waals surface area (Å²) in [7, 11) is 1.79. The van der Waals surface area contributed by atoms with Gasteiger partial charge in [-0.3, -0.25) is 9.59 Å². The summed E-state index contributed by atoms with van der Waals surface area (Å²) in [5.41, 5.74) is 2.55. The monoisotopic (exact) mass is 386 g/mol. The summed E-state index contributed by atoms with van der Waals surface area (Å²) in [5.74, 6) is 0.116. The number of amides is 2. The van der Waals surface area contributed by atoms with Crippen molar-refractivity contribution in [2.24, 2.45) is 0 Å². The van der Waals surface area contributed by atoms with Gasteiger partial charge in [-0.15, -0.1) is 0 Å². The van der Waals surface area contributed by atoms with Crippen LogP contribution in [0.1, 0.15) is 28.8 Å². The third-order valence-electron chi connectivity index (χ3n) is 4.21. The molecule has 0 radical (unpaired) electrons. The summed E-state index contributed by atoms with van der Waals surface area (Å²) in [6.07, 6.45) is 1.50. The minimum Gasteiger partial charge on any atom is -0.337 e. The summed E-state index contributed by atoms with van der Waals surface area (Å²) in [5, 5.41) is 0. The summed E-state index contributed by atoms with van der Waals surface area (Å²) >= 11 is 3.51. The summed E-state index contributed by atoms with van der Waals surface area (Å²) < 4.78 is 0.993. The van der Waals surface area contributed by atoms with Gasteiger partial charge in [0, 0.05) is 42.3 Å². The topological polar surface area (TPSA) is 40.6 Å². The fourth-order valence-electron chi connectivity index (χ4n) is 2.88. The van der Waals surface area contributed by atoms with Crippen LogP contribution in [-0.4, -0.2) is 30.3 Å². The molecule has 1 fully saturated rings. The van der Waals surface area contributed by atoms with E-state index >= 15 is 0 Å². The lowest BCUT2D eigenvalue weighted by Gasteiger charge is -2.19. The van der Waals surface area contributed by atoms with E-state index in [1.54, 1.807) is 29.0 Å². The number of carbonyl (C=O) groups excluding carboxylic acids is 2. The lowest BCUT2D eigenvalue weighted by atomic mass is 10.1. The van der Waals surface area contributed by atoms with Crippen molar-refractivity contribution in [2.45, 2.75) is 19.4 Å². The number of anilines is 1. The van der Waals surface area contributed by atoms with Crippen LogP contribution in [0.15, 0.2) is 53.0 Å². The van der Waals surface area contributed by atoms with Crippen LogP contribution >= 0.6 is 15.9 Å². The van der Waals surface area contributed by atoms with Gasteiger partial charge in [0.15, 0.2) is 0 Å². The van der Waals surface area contributed by atoms with Crippen LogP contribution in [0, 0.1) is 0 Å². The number of halogens is 1. The molecular formula is C19H19BrN2O2. The summed E-state index contributed by atoms with van der Waals surface area (Å²) in [6, 6.07) is 15.2. The van der Waals surface area contributed by atoms with Crippen LogP contribution in [0.4, 0.5) is 5.69 Å². The molecule has 2 aromatic carbocycles. The van der Waals surface area contributed by atoms with Gasteiger partial charge in [-0.25, -0.2) is 0 Å². The second kappa shape index (κ2) is 7.18. The predicted molar refractivity (Wildman–Crippen MR) is 98.0 cm³/mol. The van der Waals surface area contributed by atoms with Gasteiger partial charge in [0.05, 0.1) is 0 Å². The van der Waals surface area contributed by atoms with E-state index < -0.39 is 0 Å². The molecule has 3 rings (SSSR count). The maximum Gasteiger partial charge on any atom is 0.253 e. The fraction of sp³-hybridized carbons (Fsp3) is 0.263. The molecule has 5 heteroatoms. The van der Waals surface area contributed by atoms with E-state index in [4.69, 9.17) is 0 Å². The van der Waals surface area contributed by atoms with Gasteiger partial charge in [-0.05, 0) is 42.3 Å². The number of carbonyl (C=O) groups is 2. The first-order valence-corrected chi connectivity index (χ1v) is 8.75. The number of benzene rings is 2. The molecule has 1 heterocycles. The maximum absolute atomic E-state index is 12.6. The van der Waals surface area contributed by atoms with Crippen LogP contribution in [0.3, 0.4) is 0 Å². The Balaban J connectivity index is 1.70. The molecule has 0 saturated carbocycles. The SMILES string of the molecule is CN(Cc1ccccc1Br)C(=O)c1ccc(N2CCCC2=O)cc1. The molecule has 0 bridgehead atoms. The van der Waals surface area contributed by atoms with Crippen molar-refractivity contribution in [1.82, 2.24) is 4.90 Å². The van der Waals surface area contributed by atoms with Crippen LogP contribution < -0.4 is 4.90 Å². The Labute approximate surface area is 150 Å². The minimum atomic E-state index is -0.0370. The molecule has 1 aliphatic rings. The smallest absolute Gasteiger partial charge is 0.253 e. The van der Waals surface area contributed by atoms with Gasteiger partial charge in [-0.2, -0.15) is 0 Å². The van der Waals surface area contributed by atoms with Gasteiger partial charge in [-0.1, -0.05) is 34.1 Å². The minimum absolute atomic E-state index is 0.0370. The molecule has 1 aliphatic heterocycles. The molecule has 0 aromatic heterocycles. The molecule has 1 saturated heterocycles. The normalized spacial score (nSPS) is 14.1. The van der Waals surface area contributed by atoms with E-state index in [1.807, 2.05) is 36.4 Å². The first kappa shape index (κ1) is 16.7. The first-order chi connectivity index (χ1) is 11.6. The van der Waals surface area contributed by atoms with E-state index in [0.29, 0.717) is 18.5 Å². The lowest BCUT2D eigenvalue weighted by Crippen LogP contribution is -2.27. The van der Waals surface area contributed by atoms with Gasteiger partial charge in [0.2, 0.25) is 5.91 Å². The van der Waals surface area contributed by atoms with E-state index in [-0.39, 0.29) is 11.8 Å². The van der Waals surface area contributed by atoms with Gasteiger partial charge >= 0.3 is 0 Å². The van der Waals surface area contributed by atoms with Crippen molar-refractivity contribution >= 4 is 33.4 Å². The second-order valence-electron chi connectivity index (χ2n) is 5.95. The standard InChI is InChI=1S/C19H19BrN2O2/c1-21(13-15-5-2-3-6-17(15)20)19(24)14-8-10-16(11-9-14)22-12-4-7-18(22)23/h2-3,5-6,8-11H,4,7,12-13H2,1H3. The third kappa shape index (κ3) is 3.51. The summed E-state index contributed by atoms with van der Waals surface area (Å²) in [6.45, 7) is 1.29. The van der Waals surface area contributed by atoms with Gasteiger partial charge < -0.3 is 9.80 Å². The van der Waals surface area contributed by atoms with E-state index in [9.17, 15) is 9.59 Å². The van der Waals surface area contributed by atoms with Crippen molar-refractivity contribution in [2.75, 3.05) is 18.5 Å². The molecule has 0 aliphatic carbocycles. The van der Waals surface area contributed by atoms with Crippen molar-refractivity contribution in [3.63, 3.8) is 0 Å². The molecule has 0 atom stereocenters. The average molecular weight is 387 g/mol. The highest BCUT2D eigenvalue weighted by Crippen LogP contribution is 2.23. The number of rotatable bonds is 4.